The third-order valence-electron chi connectivity index (χ3n) is 3.78. The van der Waals surface area contributed by atoms with Gasteiger partial charge in [0.2, 0.25) is 5.91 Å². The Labute approximate surface area is 119 Å². The number of carbonyl (C=O) groups is 1. The van der Waals surface area contributed by atoms with Gasteiger partial charge in [0.05, 0.1) is 6.10 Å². The summed E-state index contributed by atoms with van der Waals surface area (Å²) in [7, 11) is -3.38. The average Bonchev–Trinajstić information content (AvgIpc) is 2.12. The van der Waals surface area contributed by atoms with E-state index >= 15 is 0 Å². The van der Waals surface area contributed by atoms with E-state index in [0.29, 0.717) is 5.54 Å². The molecular formula is C13H29NO3Si2. The monoisotopic (exact) mass is 303 g/mol. The first kappa shape index (κ1) is 16.9. The molecule has 1 unspecified atom stereocenters. The van der Waals surface area contributed by atoms with Crippen molar-refractivity contribution in [1.82, 2.24) is 5.32 Å². The van der Waals surface area contributed by atoms with Crippen molar-refractivity contribution in [2.75, 3.05) is 0 Å². The molecule has 1 saturated heterocycles. The third kappa shape index (κ3) is 4.41. The molecular weight excluding hydrogens is 274 g/mol. The smallest absolute Gasteiger partial charge is 0.232 e. The number of nitrogens with one attached hydrogen (secondary N) is 1. The van der Waals surface area contributed by atoms with E-state index in [4.69, 9.17) is 8.85 Å². The van der Waals surface area contributed by atoms with Gasteiger partial charge in [0.15, 0.2) is 16.6 Å². The largest absolute Gasteiger partial charge is 0.414 e. The van der Waals surface area contributed by atoms with Crippen LogP contribution in [0.2, 0.25) is 38.3 Å². The highest BCUT2D eigenvalue weighted by Crippen LogP contribution is 2.30. The average molecular weight is 304 g/mol. The standard InChI is InChI=1S/C13H29NO3Si2/c1-9(2)19(7,8)16-10(3)11-12(15)14-13(11)17-18(4,5)6/h9-11,13H,1-8H3,(H,14,15)/t10-,11?,13-/m1/s1. The molecule has 3 atom stereocenters. The minimum Gasteiger partial charge on any atom is -0.414 e. The van der Waals surface area contributed by atoms with Gasteiger partial charge in [0, 0.05) is 0 Å². The van der Waals surface area contributed by atoms with Gasteiger partial charge in [-0.1, -0.05) is 13.8 Å². The summed E-state index contributed by atoms with van der Waals surface area (Å²) >= 11 is 0. The van der Waals surface area contributed by atoms with Crippen LogP contribution in [0.15, 0.2) is 0 Å². The molecule has 4 nitrogen and oxygen atoms in total. The molecule has 1 N–H and O–H groups in total. The van der Waals surface area contributed by atoms with E-state index in [-0.39, 0.29) is 24.2 Å². The van der Waals surface area contributed by atoms with Crippen molar-refractivity contribution in [2.45, 2.75) is 71.4 Å². The second-order valence-corrected chi connectivity index (χ2v) is 16.3. The zero-order chi connectivity index (χ0) is 15.0. The van der Waals surface area contributed by atoms with E-state index in [1.165, 1.54) is 0 Å². The van der Waals surface area contributed by atoms with Gasteiger partial charge in [-0.05, 0) is 45.2 Å². The van der Waals surface area contributed by atoms with Gasteiger partial charge in [0.1, 0.15) is 12.1 Å². The molecule has 1 amide bonds. The Morgan fingerprint density at radius 3 is 2.00 bits per heavy atom. The Morgan fingerprint density at radius 1 is 1.11 bits per heavy atom. The highest BCUT2D eigenvalue weighted by Gasteiger charge is 2.47. The van der Waals surface area contributed by atoms with E-state index in [1.54, 1.807) is 0 Å². The summed E-state index contributed by atoms with van der Waals surface area (Å²) in [5, 5.41) is 2.85. The van der Waals surface area contributed by atoms with Crippen molar-refractivity contribution < 1.29 is 13.6 Å². The molecule has 0 bridgehead atoms. The molecule has 112 valence electrons. The second-order valence-electron chi connectivity index (χ2n) is 7.27. The molecule has 0 aromatic rings. The van der Waals surface area contributed by atoms with Crippen molar-refractivity contribution in [1.29, 1.82) is 0 Å². The highest BCUT2D eigenvalue weighted by atomic mass is 28.4. The van der Waals surface area contributed by atoms with Gasteiger partial charge < -0.3 is 14.2 Å². The SMILES string of the molecule is CC(C)[Si](C)(C)O[C@H](C)C1C(=O)N[C@@H]1O[Si](C)(C)C. The summed E-state index contributed by atoms with van der Waals surface area (Å²) in [5.41, 5.74) is 0.537. The molecule has 1 heterocycles. The fraction of sp³-hybridized carbons (Fsp3) is 0.923. The number of carbonyl (C=O) groups excluding carboxylic acids is 1. The predicted molar refractivity (Wildman–Crippen MR) is 83.0 cm³/mol. The van der Waals surface area contributed by atoms with E-state index in [0.717, 1.165) is 0 Å². The molecule has 0 aliphatic carbocycles. The maximum atomic E-state index is 11.8. The topological polar surface area (TPSA) is 47.6 Å². The van der Waals surface area contributed by atoms with Crippen LogP contribution in [0.5, 0.6) is 0 Å². The van der Waals surface area contributed by atoms with Crippen LogP contribution in [0.4, 0.5) is 0 Å². The summed E-state index contributed by atoms with van der Waals surface area (Å²) in [4.78, 5) is 11.8. The number of hydrogen-bond donors (Lipinski definition) is 1. The fourth-order valence-corrected chi connectivity index (χ4v) is 4.34. The lowest BCUT2D eigenvalue weighted by atomic mass is 9.94. The molecule has 1 fully saturated rings. The van der Waals surface area contributed by atoms with Crippen molar-refractivity contribution in [3.8, 4) is 0 Å². The Hall–Kier alpha value is -0.176. The number of hydrogen-bond acceptors (Lipinski definition) is 3. The Balaban J connectivity index is 2.65. The molecule has 1 rings (SSSR count). The van der Waals surface area contributed by atoms with Crippen LogP contribution in [0.1, 0.15) is 20.8 Å². The number of amides is 1. The van der Waals surface area contributed by atoms with Crippen LogP contribution in [-0.4, -0.2) is 34.9 Å². The summed E-state index contributed by atoms with van der Waals surface area (Å²) in [5.74, 6) is -0.0958. The number of β-lactam (4-membered cyclic amide) rings is 1. The van der Waals surface area contributed by atoms with Gasteiger partial charge in [0.25, 0.3) is 0 Å². The first-order valence-electron chi connectivity index (χ1n) is 7.10. The normalized spacial score (nSPS) is 26.1. The van der Waals surface area contributed by atoms with Crippen LogP contribution in [-0.2, 0) is 13.6 Å². The molecule has 1 aliphatic heterocycles. The van der Waals surface area contributed by atoms with E-state index in [9.17, 15) is 4.79 Å². The van der Waals surface area contributed by atoms with Gasteiger partial charge in [-0.25, -0.2) is 0 Å². The summed E-state index contributed by atoms with van der Waals surface area (Å²) in [6.07, 6.45) is -0.231. The van der Waals surface area contributed by atoms with E-state index in [1.807, 2.05) is 6.92 Å². The van der Waals surface area contributed by atoms with Gasteiger partial charge in [-0.15, -0.1) is 0 Å². The zero-order valence-electron chi connectivity index (χ0n) is 13.5. The Morgan fingerprint density at radius 2 is 1.63 bits per heavy atom. The lowest BCUT2D eigenvalue weighted by Gasteiger charge is -2.44. The summed E-state index contributed by atoms with van der Waals surface area (Å²) in [6.45, 7) is 17.2. The lowest BCUT2D eigenvalue weighted by molar-refractivity contribution is -0.151. The minimum absolute atomic E-state index is 0.0595. The maximum Gasteiger partial charge on any atom is 0.232 e. The minimum atomic E-state index is -1.73. The third-order valence-corrected chi connectivity index (χ3v) is 8.50. The lowest BCUT2D eigenvalue weighted by Crippen LogP contribution is -2.66. The van der Waals surface area contributed by atoms with Crippen molar-refractivity contribution in [3.05, 3.63) is 0 Å². The quantitative estimate of drug-likeness (QED) is 0.606. The van der Waals surface area contributed by atoms with E-state index < -0.39 is 16.6 Å². The van der Waals surface area contributed by atoms with Crippen molar-refractivity contribution in [2.24, 2.45) is 5.92 Å². The molecule has 0 aromatic heterocycles. The molecule has 1 aliphatic rings. The molecule has 0 spiro atoms. The van der Waals surface area contributed by atoms with Crippen LogP contribution in [0.3, 0.4) is 0 Å². The Bertz CT molecular complexity index is 339. The first-order valence-corrected chi connectivity index (χ1v) is 13.5. The second kappa shape index (κ2) is 5.67. The fourth-order valence-electron chi connectivity index (χ4n) is 2.00. The maximum absolute atomic E-state index is 11.8. The molecule has 0 aromatic carbocycles. The molecule has 19 heavy (non-hydrogen) atoms. The van der Waals surface area contributed by atoms with Crippen LogP contribution in [0.25, 0.3) is 0 Å². The van der Waals surface area contributed by atoms with Crippen LogP contribution < -0.4 is 5.32 Å². The molecule has 0 radical (unpaired) electrons. The van der Waals surface area contributed by atoms with Gasteiger partial charge >= 0.3 is 0 Å². The number of rotatable bonds is 6. The highest BCUT2D eigenvalue weighted by molar-refractivity contribution is 6.72. The first-order chi connectivity index (χ1) is 8.44. The Kier molecular flexibility index (Phi) is 5.04. The van der Waals surface area contributed by atoms with Crippen molar-refractivity contribution >= 4 is 22.5 Å². The van der Waals surface area contributed by atoms with Crippen LogP contribution in [0, 0.1) is 5.92 Å². The molecule has 6 heteroatoms. The zero-order valence-corrected chi connectivity index (χ0v) is 15.5. The van der Waals surface area contributed by atoms with Gasteiger partial charge in [-0.2, -0.15) is 0 Å². The summed E-state index contributed by atoms with van der Waals surface area (Å²) in [6, 6.07) is 0. The molecule has 0 saturated carbocycles. The van der Waals surface area contributed by atoms with E-state index in [2.05, 4.69) is 51.9 Å². The summed E-state index contributed by atoms with van der Waals surface area (Å²) < 4.78 is 12.2. The van der Waals surface area contributed by atoms with Gasteiger partial charge in [-0.3, -0.25) is 4.79 Å². The van der Waals surface area contributed by atoms with Crippen LogP contribution >= 0.6 is 0 Å². The predicted octanol–water partition coefficient (Wildman–Crippen LogP) is 2.93. The van der Waals surface area contributed by atoms with Crippen molar-refractivity contribution in [3.63, 3.8) is 0 Å².